The van der Waals surface area contributed by atoms with Gasteiger partial charge in [-0.1, -0.05) is 19.9 Å². The number of hydrogen-bond donors (Lipinski definition) is 1. The van der Waals surface area contributed by atoms with Crippen molar-refractivity contribution >= 4 is 28.3 Å². The van der Waals surface area contributed by atoms with Crippen LogP contribution in [-0.2, 0) is 7.05 Å². The minimum absolute atomic E-state index is 0.167. The number of fused-ring (bicyclic) bond motifs is 1. The summed E-state index contributed by atoms with van der Waals surface area (Å²) in [7, 11) is 6.08. The molecule has 39 heavy (non-hydrogen) atoms. The molecule has 1 atom stereocenters. The van der Waals surface area contributed by atoms with Crippen molar-refractivity contribution in [3.63, 3.8) is 0 Å². The molecule has 0 radical (unpaired) electrons. The first-order valence-corrected chi connectivity index (χ1v) is 12.8. The lowest BCUT2D eigenvalue weighted by Gasteiger charge is -2.24. The largest absolute Gasteiger partial charge is 0.366 e. The first-order chi connectivity index (χ1) is 18.6. The summed E-state index contributed by atoms with van der Waals surface area (Å²) in [5.74, 6) is -1.42. The van der Waals surface area contributed by atoms with Crippen LogP contribution in [0.2, 0.25) is 0 Å². The molecule has 2 aromatic heterocycles. The number of benzene rings is 2. The van der Waals surface area contributed by atoms with Crippen molar-refractivity contribution in [3.05, 3.63) is 76.0 Å². The lowest BCUT2D eigenvalue weighted by Crippen LogP contribution is -2.32. The number of carbonyl (C=O) groups excluding carboxylic acids is 1. The summed E-state index contributed by atoms with van der Waals surface area (Å²) < 4.78 is 31.4. The molecule has 9 nitrogen and oxygen atoms in total. The number of aromatic nitrogens is 4. The molecular formula is C28H31F2N7O2. The maximum atomic E-state index is 14.4. The number of nitrogens with zero attached hydrogens (tertiary/aromatic N) is 6. The van der Waals surface area contributed by atoms with Crippen molar-refractivity contribution < 1.29 is 13.6 Å². The SMILES string of the molecule is CC(C)c1nc2c(N3CC[C@@H](N(C)C)C3)c(NC(=O)c3ccc(=O)n(-c4c(F)cccc4F)n3)ccc2n1C. The number of nitrogens with one attached hydrogen (secondary N) is 1. The molecule has 1 aliphatic rings. The van der Waals surface area contributed by atoms with Gasteiger partial charge in [0.2, 0.25) is 0 Å². The lowest BCUT2D eigenvalue weighted by molar-refractivity contribution is 0.102. The number of amides is 1. The molecule has 0 aliphatic carbocycles. The standard InChI is InChI=1S/C28H31F2N7O2/c1-16(2)27-32-24-22(35(27)5)11-9-20(26(24)36-14-13-17(15-36)34(3)4)31-28(39)21-10-12-23(38)37(33-21)25-18(29)7-6-8-19(25)30/h6-12,16-17H,13-15H2,1-5H3,(H,31,39)/t17-/m1/s1. The van der Waals surface area contributed by atoms with Crippen molar-refractivity contribution in [2.24, 2.45) is 7.05 Å². The van der Waals surface area contributed by atoms with Crippen LogP contribution in [0.5, 0.6) is 0 Å². The lowest BCUT2D eigenvalue weighted by atomic mass is 10.2. The van der Waals surface area contributed by atoms with Gasteiger partial charge in [-0.15, -0.1) is 0 Å². The molecule has 4 aromatic rings. The first kappa shape index (κ1) is 26.5. The summed E-state index contributed by atoms with van der Waals surface area (Å²) in [6.07, 6.45) is 0.960. The molecule has 3 heterocycles. The van der Waals surface area contributed by atoms with Crippen LogP contribution >= 0.6 is 0 Å². The second-order valence-corrected chi connectivity index (χ2v) is 10.4. The maximum Gasteiger partial charge on any atom is 0.276 e. The molecule has 1 saturated heterocycles. The monoisotopic (exact) mass is 535 g/mol. The number of anilines is 2. The average Bonchev–Trinajstić information content (AvgIpc) is 3.50. The molecule has 0 unspecified atom stereocenters. The number of para-hydroxylation sites is 1. The van der Waals surface area contributed by atoms with Gasteiger partial charge in [0.25, 0.3) is 11.5 Å². The zero-order valence-electron chi connectivity index (χ0n) is 22.6. The van der Waals surface area contributed by atoms with E-state index < -0.39 is 28.8 Å². The number of aryl methyl sites for hydroxylation is 1. The van der Waals surface area contributed by atoms with Crippen molar-refractivity contribution in [1.82, 2.24) is 24.2 Å². The van der Waals surface area contributed by atoms with E-state index >= 15 is 0 Å². The van der Waals surface area contributed by atoms with Crippen LogP contribution in [0.15, 0.2) is 47.3 Å². The third-order valence-corrected chi connectivity index (χ3v) is 7.22. The van der Waals surface area contributed by atoms with E-state index in [1.807, 2.05) is 33.3 Å². The minimum Gasteiger partial charge on any atom is -0.366 e. The minimum atomic E-state index is -0.963. The van der Waals surface area contributed by atoms with E-state index in [4.69, 9.17) is 4.98 Å². The summed E-state index contributed by atoms with van der Waals surface area (Å²) in [6.45, 7) is 5.72. The van der Waals surface area contributed by atoms with Crippen LogP contribution in [0, 0.1) is 11.6 Å². The average molecular weight is 536 g/mol. The number of carbonyl (C=O) groups is 1. The van der Waals surface area contributed by atoms with Crippen LogP contribution in [0.4, 0.5) is 20.2 Å². The van der Waals surface area contributed by atoms with E-state index in [1.54, 1.807) is 0 Å². The summed E-state index contributed by atoms with van der Waals surface area (Å²) >= 11 is 0. The predicted octanol–water partition coefficient (Wildman–Crippen LogP) is 3.91. The molecule has 1 fully saturated rings. The highest BCUT2D eigenvalue weighted by atomic mass is 19.1. The van der Waals surface area contributed by atoms with E-state index in [9.17, 15) is 18.4 Å². The summed E-state index contributed by atoms with van der Waals surface area (Å²) in [5, 5.41) is 6.92. The summed E-state index contributed by atoms with van der Waals surface area (Å²) in [5.41, 5.74) is 1.50. The number of halogens is 2. The van der Waals surface area contributed by atoms with Crippen LogP contribution < -0.4 is 15.8 Å². The fourth-order valence-electron chi connectivity index (χ4n) is 5.14. The normalized spacial score (nSPS) is 15.6. The van der Waals surface area contributed by atoms with Gasteiger partial charge < -0.3 is 19.7 Å². The van der Waals surface area contributed by atoms with Gasteiger partial charge in [0, 0.05) is 38.2 Å². The fraction of sp³-hybridized carbons (Fsp3) is 0.357. The molecule has 1 N–H and O–H groups in total. The van der Waals surface area contributed by atoms with E-state index in [1.165, 1.54) is 12.1 Å². The van der Waals surface area contributed by atoms with Gasteiger partial charge in [-0.05, 0) is 50.8 Å². The second-order valence-electron chi connectivity index (χ2n) is 10.4. The van der Waals surface area contributed by atoms with Gasteiger partial charge >= 0.3 is 0 Å². The van der Waals surface area contributed by atoms with Gasteiger partial charge in [0.1, 0.15) is 22.7 Å². The Morgan fingerprint density at radius 3 is 2.44 bits per heavy atom. The van der Waals surface area contributed by atoms with E-state index in [-0.39, 0.29) is 11.6 Å². The number of hydrogen-bond acceptors (Lipinski definition) is 6. The summed E-state index contributed by atoms with van der Waals surface area (Å²) in [4.78, 5) is 35.2. The molecule has 0 bridgehead atoms. The highest BCUT2D eigenvalue weighted by Gasteiger charge is 2.29. The van der Waals surface area contributed by atoms with Gasteiger partial charge in [-0.2, -0.15) is 9.78 Å². The van der Waals surface area contributed by atoms with Crippen LogP contribution in [0.1, 0.15) is 42.5 Å². The van der Waals surface area contributed by atoms with Crippen molar-refractivity contribution in [2.75, 3.05) is 37.4 Å². The van der Waals surface area contributed by atoms with Gasteiger partial charge in [0.15, 0.2) is 11.6 Å². The first-order valence-electron chi connectivity index (χ1n) is 12.8. The maximum absolute atomic E-state index is 14.4. The van der Waals surface area contributed by atoms with Gasteiger partial charge in [-0.3, -0.25) is 9.59 Å². The zero-order valence-corrected chi connectivity index (χ0v) is 22.6. The summed E-state index contributed by atoms with van der Waals surface area (Å²) in [6, 6.07) is 9.63. The Bertz CT molecular complexity index is 1610. The highest BCUT2D eigenvalue weighted by Crippen LogP contribution is 2.38. The van der Waals surface area contributed by atoms with Crippen LogP contribution in [0.3, 0.4) is 0 Å². The van der Waals surface area contributed by atoms with E-state index in [0.29, 0.717) is 16.4 Å². The number of rotatable bonds is 6. The van der Waals surface area contributed by atoms with Crippen molar-refractivity contribution in [1.29, 1.82) is 0 Å². The third kappa shape index (κ3) is 4.78. The van der Waals surface area contributed by atoms with E-state index in [0.717, 1.165) is 60.3 Å². The topological polar surface area (TPSA) is 88.3 Å². The van der Waals surface area contributed by atoms with Crippen LogP contribution in [-0.4, -0.2) is 63.4 Å². The number of likely N-dealkylation sites (N-methyl/N-ethyl adjacent to an activating group) is 1. The van der Waals surface area contributed by atoms with E-state index in [2.05, 4.69) is 38.6 Å². The Labute approximate surface area is 224 Å². The second kappa shape index (κ2) is 10.2. The molecule has 5 rings (SSSR count). The fourth-order valence-corrected chi connectivity index (χ4v) is 5.14. The smallest absolute Gasteiger partial charge is 0.276 e. The molecular weight excluding hydrogens is 504 g/mol. The third-order valence-electron chi connectivity index (χ3n) is 7.22. The Hall–Kier alpha value is -4.12. The Balaban J connectivity index is 1.57. The van der Waals surface area contributed by atoms with Gasteiger partial charge in [-0.25, -0.2) is 13.8 Å². The molecule has 1 amide bonds. The van der Waals surface area contributed by atoms with Gasteiger partial charge in [0.05, 0.1) is 16.9 Å². The quantitative estimate of drug-likeness (QED) is 0.403. The van der Waals surface area contributed by atoms with Crippen LogP contribution in [0.25, 0.3) is 16.7 Å². The molecule has 0 saturated carbocycles. The predicted molar refractivity (Wildman–Crippen MR) is 147 cm³/mol. The molecule has 204 valence electrons. The number of imidazole rings is 1. The van der Waals surface area contributed by atoms with Crippen molar-refractivity contribution in [3.8, 4) is 5.69 Å². The molecule has 11 heteroatoms. The molecule has 2 aromatic carbocycles. The Morgan fingerprint density at radius 2 is 1.79 bits per heavy atom. The molecule has 1 aliphatic heterocycles. The Morgan fingerprint density at radius 1 is 1.08 bits per heavy atom. The zero-order chi connectivity index (χ0) is 28.0. The Kier molecular flexibility index (Phi) is 6.94. The molecule has 0 spiro atoms. The van der Waals surface area contributed by atoms with Crippen molar-refractivity contribution in [2.45, 2.75) is 32.2 Å². The highest BCUT2D eigenvalue weighted by molar-refractivity contribution is 6.08.